The normalized spacial score (nSPS) is 19.7. The third-order valence-electron chi connectivity index (χ3n) is 5.64. The molecule has 2 aromatic rings. The molecule has 3 atom stereocenters. The molecule has 1 aliphatic rings. The fourth-order valence-corrected chi connectivity index (χ4v) is 4.01. The SMILES string of the molecule is COc1cc(C(C)NC2CCC(c3ccc(C(=O)NCCO)cc3)C2)ccc1F. The van der Waals surface area contributed by atoms with E-state index in [0.717, 1.165) is 24.8 Å². The molecule has 6 heteroatoms. The van der Waals surface area contributed by atoms with Crippen molar-refractivity contribution in [3.63, 3.8) is 0 Å². The van der Waals surface area contributed by atoms with Crippen LogP contribution in [0.1, 0.15) is 59.6 Å². The second-order valence-electron chi connectivity index (χ2n) is 7.59. The van der Waals surface area contributed by atoms with E-state index in [1.54, 1.807) is 12.1 Å². The van der Waals surface area contributed by atoms with E-state index in [1.165, 1.54) is 18.7 Å². The zero-order valence-electron chi connectivity index (χ0n) is 17.0. The highest BCUT2D eigenvalue weighted by Crippen LogP contribution is 2.35. The Morgan fingerprint density at radius 2 is 2.00 bits per heavy atom. The molecule has 2 aromatic carbocycles. The minimum absolute atomic E-state index is 0.0661. The van der Waals surface area contributed by atoms with Gasteiger partial charge in [0, 0.05) is 24.2 Å². The molecule has 1 saturated carbocycles. The van der Waals surface area contributed by atoms with E-state index in [-0.39, 0.29) is 36.7 Å². The highest BCUT2D eigenvalue weighted by atomic mass is 19.1. The molecule has 0 spiro atoms. The van der Waals surface area contributed by atoms with E-state index in [0.29, 0.717) is 17.5 Å². The van der Waals surface area contributed by atoms with Crippen LogP contribution in [0.2, 0.25) is 0 Å². The lowest BCUT2D eigenvalue weighted by Crippen LogP contribution is -2.29. The molecule has 0 aromatic heterocycles. The Balaban J connectivity index is 1.56. The first-order valence-corrected chi connectivity index (χ1v) is 10.1. The average molecular weight is 400 g/mol. The Kier molecular flexibility index (Phi) is 7.23. The fourth-order valence-electron chi connectivity index (χ4n) is 4.01. The number of benzene rings is 2. The van der Waals surface area contributed by atoms with E-state index >= 15 is 0 Å². The van der Waals surface area contributed by atoms with Crippen molar-refractivity contribution in [1.29, 1.82) is 0 Å². The second kappa shape index (κ2) is 9.85. The van der Waals surface area contributed by atoms with Gasteiger partial charge in [0.15, 0.2) is 11.6 Å². The van der Waals surface area contributed by atoms with Gasteiger partial charge in [-0.3, -0.25) is 4.79 Å². The van der Waals surface area contributed by atoms with Crippen molar-refractivity contribution in [3.8, 4) is 5.75 Å². The number of carbonyl (C=O) groups is 1. The molecule has 0 heterocycles. The molecule has 0 bridgehead atoms. The molecular weight excluding hydrogens is 371 g/mol. The summed E-state index contributed by atoms with van der Waals surface area (Å²) in [7, 11) is 1.48. The van der Waals surface area contributed by atoms with Gasteiger partial charge in [0.1, 0.15) is 0 Å². The van der Waals surface area contributed by atoms with Crippen LogP contribution >= 0.6 is 0 Å². The maximum Gasteiger partial charge on any atom is 0.251 e. The molecule has 5 nitrogen and oxygen atoms in total. The molecule has 1 aliphatic carbocycles. The number of methoxy groups -OCH3 is 1. The van der Waals surface area contributed by atoms with Crippen LogP contribution in [0.15, 0.2) is 42.5 Å². The lowest BCUT2D eigenvalue weighted by Gasteiger charge is -2.21. The van der Waals surface area contributed by atoms with Gasteiger partial charge in [0.25, 0.3) is 5.91 Å². The van der Waals surface area contributed by atoms with Crippen LogP contribution in [0.25, 0.3) is 0 Å². The van der Waals surface area contributed by atoms with Gasteiger partial charge in [-0.15, -0.1) is 0 Å². The monoisotopic (exact) mass is 400 g/mol. The van der Waals surface area contributed by atoms with Crippen LogP contribution in [0.3, 0.4) is 0 Å². The maximum atomic E-state index is 13.6. The van der Waals surface area contributed by atoms with Gasteiger partial charge in [-0.25, -0.2) is 4.39 Å². The van der Waals surface area contributed by atoms with Gasteiger partial charge in [-0.1, -0.05) is 18.2 Å². The molecule has 1 amide bonds. The van der Waals surface area contributed by atoms with Crippen LogP contribution in [-0.4, -0.2) is 37.3 Å². The first-order chi connectivity index (χ1) is 14.0. The number of aliphatic hydroxyl groups is 1. The number of hydrogen-bond acceptors (Lipinski definition) is 4. The smallest absolute Gasteiger partial charge is 0.251 e. The minimum Gasteiger partial charge on any atom is -0.494 e. The zero-order chi connectivity index (χ0) is 20.8. The van der Waals surface area contributed by atoms with Crippen molar-refractivity contribution in [2.24, 2.45) is 0 Å². The highest BCUT2D eigenvalue weighted by molar-refractivity contribution is 5.94. The second-order valence-corrected chi connectivity index (χ2v) is 7.59. The molecule has 3 N–H and O–H groups in total. The summed E-state index contributed by atoms with van der Waals surface area (Å²) in [6.07, 6.45) is 3.19. The van der Waals surface area contributed by atoms with E-state index in [4.69, 9.17) is 9.84 Å². The fraction of sp³-hybridized carbons (Fsp3) is 0.435. The Hall–Kier alpha value is -2.44. The Bertz CT molecular complexity index is 825. The number of ether oxygens (including phenoxy) is 1. The molecule has 3 unspecified atom stereocenters. The number of amides is 1. The number of halogens is 1. The molecule has 0 radical (unpaired) electrons. The third kappa shape index (κ3) is 5.34. The molecule has 29 heavy (non-hydrogen) atoms. The number of hydrogen-bond donors (Lipinski definition) is 3. The van der Waals surface area contributed by atoms with Gasteiger partial charge >= 0.3 is 0 Å². The summed E-state index contributed by atoms with van der Waals surface area (Å²) >= 11 is 0. The summed E-state index contributed by atoms with van der Waals surface area (Å²) < 4.78 is 18.7. The van der Waals surface area contributed by atoms with Crippen LogP contribution in [0, 0.1) is 5.82 Å². The minimum atomic E-state index is -0.349. The van der Waals surface area contributed by atoms with Crippen molar-refractivity contribution in [2.45, 2.75) is 44.2 Å². The van der Waals surface area contributed by atoms with Crippen LogP contribution in [0.5, 0.6) is 5.75 Å². The summed E-state index contributed by atoms with van der Waals surface area (Å²) in [6.45, 7) is 2.28. The molecule has 3 rings (SSSR count). The quantitative estimate of drug-likeness (QED) is 0.634. The number of carbonyl (C=O) groups excluding carboxylic acids is 1. The first-order valence-electron chi connectivity index (χ1n) is 10.1. The highest BCUT2D eigenvalue weighted by Gasteiger charge is 2.27. The molecule has 156 valence electrons. The molecule has 1 fully saturated rings. The number of nitrogens with one attached hydrogen (secondary N) is 2. The van der Waals surface area contributed by atoms with Crippen molar-refractivity contribution >= 4 is 5.91 Å². The summed E-state index contributed by atoms with van der Waals surface area (Å²) in [6, 6.07) is 13.2. The van der Waals surface area contributed by atoms with Crippen molar-refractivity contribution in [3.05, 3.63) is 65.0 Å². The van der Waals surface area contributed by atoms with Gasteiger partial charge < -0.3 is 20.5 Å². The summed E-state index contributed by atoms with van der Waals surface area (Å²) in [5.74, 6) is 0.207. The number of rotatable bonds is 8. The van der Waals surface area contributed by atoms with Crippen molar-refractivity contribution in [2.75, 3.05) is 20.3 Å². The van der Waals surface area contributed by atoms with Gasteiger partial charge in [-0.2, -0.15) is 0 Å². The number of aliphatic hydroxyl groups excluding tert-OH is 1. The Labute approximate surface area is 171 Å². The van der Waals surface area contributed by atoms with E-state index in [2.05, 4.69) is 17.6 Å². The summed E-state index contributed by atoms with van der Waals surface area (Å²) in [4.78, 5) is 11.9. The Morgan fingerprint density at radius 1 is 1.24 bits per heavy atom. The van der Waals surface area contributed by atoms with Crippen molar-refractivity contribution in [1.82, 2.24) is 10.6 Å². The Morgan fingerprint density at radius 3 is 2.69 bits per heavy atom. The van der Waals surface area contributed by atoms with Gasteiger partial charge in [0.05, 0.1) is 13.7 Å². The lowest BCUT2D eigenvalue weighted by molar-refractivity contribution is 0.0944. The lowest BCUT2D eigenvalue weighted by atomic mass is 9.96. The standard InChI is InChI=1S/C23H29FN2O3/c1-15(18-8-10-21(24)22(14-18)29-2)26-20-9-7-19(13-20)16-3-5-17(6-4-16)23(28)25-11-12-27/h3-6,8,10,14-15,19-20,26-27H,7,9,11-13H2,1-2H3,(H,25,28). The van der Waals surface area contributed by atoms with E-state index < -0.39 is 0 Å². The first kappa shape index (κ1) is 21.3. The third-order valence-corrected chi connectivity index (χ3v) is 5.64. The zero-order valence-corrected chi connectivity index (χ0v) is 17.0. The predicted molar refractivity (Wildman–Crippen MR) is 111 cm³/mol. The van der Waals surface area contributed by atoms with E-state index in [9.17, 15) is 9.18 Å². The largest absolute Gasteiger partial charge is 0.494 e. The predicted octanol–water partition coefficient (Wildman–Crippen LogP) is 3.54. The van der Waals surface area contributed by atoms with Gasteiger partial charge in [0.2, 0.25) is 0 Å². The van der Waals surface area contributed by atoms with Crippen molar-refractivity contribution < 1.29 is 19.0 Å². The summed E-state index contributed by atoms with van der Waals surface area (Å²) in [5.41, 5.74) is 2.85. The topological polar surface area (TPSA) is 70.6 Å². The average Bonchev–Trinajstić information content (AvgIpc) is 3.20. The van der Waals surface area contributed by atoms with Gasteiger partial charge in [-0.05, 0) is 67.5 Å². The van der Waals surface area contributed by atoms with Crippen LogP contribution in [-0.2, 0) is 0 Å². The van der Waals surface area contributed by atoms with E-state index in [1.807, 2.05) is 24.3 Å². The van der Waals surface area contributed by atoms with Crippen LogP contribution < -0.4 is 15.4 Å². The molecule has 0 aliphatic heterocycles. The maximum absolute atomic E-state index is 13.6. The molecular formula is C23H29FN2O3. The summed E-state index contributed by atoms with van der Waals surface area (Å²) in [5, 5.41) is 15.1. The molecule has 0 saturated heterocycles. The van der Waals surface area contributed by atoms with Crippen LogP contribution in [0.4, 0.5) is 4.39 Å².